The van der Waals surface area contributed by atoms with Gasteiger partial charge in [-0.3, -0.25) is 4.79 Å². The quantitative estimate of drug-likeness (QED) is 0.634. The maximum Gasteiger partial charge on any atom is 0.277 e. The first kappa shape index (κ1) is 16.0. The van der Waals surface area contributed by atoms with Crippen LogP contribution in [0.4, 0.5) is 0 Å². The lowest BCUT2D eigenvalue weighted by Gasteiger charge is -2.05. The molecule has 0 aliphatic carbocycles. The molecule has 0 spiro atoms. The lowest BCUT2D eigenvalue weighted by atomic mass is 10.2. The van der Waals surface area contributed by atoms with Gasteiger partial charge in [0.2, 0.25) is 0 Å². The predicted molar refractivity (Wildman–Crippen MR) is 88.4 cm³/mol. The standard InChI is InChI=1S/C16H15BrN2O3/c1-21-14-7-5-12(6-8-14)10-18-19-16(20)11-22-15-4-2-3-13(17)9-15/h2-10H,11H2,1H3,(H,19,20)/b18-10+. The molecule has 0 saturated carbocycles. The summed E-state index contributed by atoms with van der Waals surface area (Å²) in [7, 11) is 1.61. The number of hydrogen-bond acceptors (Lipinski definition) is 4. The van der Waals surface area contributed by atoms with Crippen molar-refractivity contribution in [3.63, 3.8) is 0 Å². The van der Waals surface area contributed by atoms with Crippen molar-refractivity contribution in [3.8, 4) is 11.5 Å². The Morgan fingerprint density at radius 3 is 2.68 bits per heavy atom. The highest BCUT2D eigenvalue weighted by Crippen LogP contribution is 2.17. The molecule has 0 bridgehead atoms. The largest absolute Gasteiger partial charge is 0.497 e. The van der Waals surface area contributed by atoms with Gasteiger partial charge in [-0.1, -0.05) is 22.0 Å². The summed E-state index contributed by atoms with van der Waals surface area (Å²) in [5, 5.41) is 3.87. The van der Waals surface area contributed by atoms with Crippen LogP contribution < -0.4 is 14.9 Å². The molecular formula is C16H15BrN2O3. The molecule has 2 aromatic rings. The molecule has 6 heteroatoms. The molecule has 114 valence electrons. The van der Waals surface area contributed by atoms with Gasteiger partial charge in [0.15, 0.2) is 6.61 Å². The summed E-state index contributed by atoms with van der Waals surface area (Å²) in [6.07, 6.45) is 1.55. The molecule has 0 fully saturated rings. The van der Waals surface area contributed by atoms with Crippen LogP contribution in [0.25, 0.3) is 0 Å². The third-order valence-electron chi connectivity index (χ3n) is 2.68. The van der Waals surface area contributed by atoms with Gasteiger partial charge < -0.3 is 9.47 Å². The first-order chi connectivity index (χ1) is 10.7. The highest BCUT2D eigenvalue weighted by atomic mass is 79.9. The van der Waals surface area contributed by atoms with E-state index in [0.29, 0.717) is 5.75 Å². The van der Waals surface area contributed by atoms with E-state index in [9.17, 15) is 4.79 Å². The van der Waals surface area contributed by atoms with Crippen LogP contribution in [0.15, 0.2) is 58.1 Å². The minimum atomic E-state index is -0.329. The molecule has 2 aromatic carbocycles. The van der Waals surface area contributed by atoms with Crippen molar-refractivity contribution in [2.75, 3.05) is 13.7 Å². The van der Waals surface area contributed by atoms with E-state index in [-0.39, 0.29) is 12.5 Å². The smallest absolute Gasteiger partial charge is 0.277 e. The second-order valence-electron chi connectivity index (χ2n) is 4.31. The Morgan fingerprint density at radius 2 is 2.00 bits per heavy atom. The van der Waals surface area contributed by atoms with E-state index in [1.54, 1.807) is 25.5 Å². The van der Waals surface area contributed by atoms with Gasteiger partial charge >= 0.3 is 0 Å². The van der Waals surface area contributed by atoms with Crippen LogP contribution in [-0.4, -0.2) is 25.8 Å². The average molecular weight is 363 g/mol. The highest BCUT2D eigenvalue weighted by molar-refractivity contribution is 9.10. The minimum Gasteiger partial charge on any atom is -0.497 e. The predicted octanol–water partition coefficient (Wildman–Crippen LogP) is 2.99. The molecule has 0 radical (unpaired) electrons. The van der Waals surface area contributed by atoms with E-state index in [1.807, 2.05) is 36.4 Å². The van der Waals surface area contributed by atoms with Crippen LogP contribution in [0.2, 0.25) is 0 Å². The molecule has 0 aromatic heterocycles. The maximum absolute atomic E-state index is 11.6. The van der Waals surface area contributed by atoms with Gasteiger partial charge in [0.25, 0.3) is 5.91 Å². The molecule has 1 amide bonds. The Bertz CT molecular complexity index is 657. The van der Waals surface area contributed by atoms with Crippen LogP contribution in [0.3, 0.4) is 0 Å². The summed E-state index contributed by atoms with van der Waals surface area (Å²) < 4.78 is 11.3. The molecule has 0 atom stereocenters. The summed E-state index contributed by atoms with van der Waals surface area (Å²) in [6.45, 7) is -0.101. The maximum atomic E-state index is 11.6. The Hall–Kier alpha value is -2.34. The SMILES string of the molecule is COc1ccc(/C=N/NC(=O)COc2cccc(Br)c2)cc1. The van der Waals surface area contributed by atoms with Gasteiger partial charge in [-0.15, -0.1) is 0 Å². The van der Waals surface area contributed by atoms with Gasteiger partial charge in [0.1, 0.15) is 11.5 Å². The number of benzene rings is 2. The van der Waals surface area contributed by atoms with E-state index < -0.39 is 0 Å². The van der Waals surface area contributed by atoms with Gasteiger partial charge in [-0.2, -0.15) is 5.10 Å². The number of hydrazone groups is 1. The normalized spacial score (nSPS) is 10.5. The number of carbonyl (C=O) groups is 1. The fourth-order valence-electron chi connectivity index (χ4n) is 1.61. The molecule has 1 N–H and O–H groups in total. The van der Waals surface area contributed by atoms with Crippen LogP contribution in [0, 0.1) is 0 Å². The van der Waals surface area contributed by atoms with E-state index in [2.05, 4.69) is 26.5 Å². The first-order valence-electron chi connectivity index (χ1n) is 6.52. The number of halogens is 1. The second-order valence-corrected chi connectivity index (χ2v) is 5.23. The summed E-state index contributed by atoms with van der Waals surface area (Å²) in [5.74, 6) is 1.05. The van der Waals surface area contributed by atoms with E-state index in [1.165, 1.54) is 0 Å². The van der Waals surface area contributed by atoms with Crippen molar-refractivity contribution in [2.24, 2.45) is 5.10 Å². The van der Waals surface area contributed by atoms with Crippen LogP contribution in [0.5, 0.6) is 11.5 Å². The highest BCUT2D eigenvalue weighted by Gasteiger charge is 2.01. The molecule has 0 aliphatic rings. The zero-order chi connectivity index (χ0) is 15.8. The number of amides is 1. The number of rotatable bonds is 6. The lowest BCUT2D eigenvalue weighted by molar-refractivity contribution is -0.123. The van der Waals surface area contributed by atoms with Gasteiger partial charge in [-0.25, -0.2) is 5.43 Å². The van der Waals surface area contributed by atoms with E-state index in [4.69, 9.17) is 9.47 Å². The number of hydrogen-bond donors (Lipinski definition) is 1. The molecule has 5 nitrogen and oxygen atoms in total. The van der Waals surface area contributed by atoms with E-state index in [0.717, 1.165) is 15.8 Å². The number of methoxy groups -OCH3 is 1. The third-order valence-corrected chi connectivity index (χ3v) is 3.18. The van der Waals surface area contributed by atoms with Gasteiger partial charge in [-0.05, 0) is 48.0 Å². The van der Waals surface area contributed by atoms with Crippen molar-refractivity contribution in [3.05, 3.63) is 58.6 Å². The molecular weight excluding hydrogens is 348 g/mol. The zero-order valence-electron chi connectivity index (χ0n) is 12.0. The Kier molecular flexibility index (Phi) is 5.97. The van der Waals surface area contributed by atoms with Gasteiger partial charge in [0.05, 0.1) is 13.3 Å². The van der Waals surface area contributed by atoms with Crippen molar-refractivity contribution >= 4 is 28.1 Å². The Labute approximate surface area is 137 Å². The van der Waals surface area contributed by atoms with Crippen molar-refractivity contribution < 1.29 is 14.3 Å². The number of carbonyl (C=O) groups excluding carboxylic acids is 1. The van der Waals surface area contributed by atoms with Gasteiger partial charge in [0, 0.05) is 4.47 Å². The number of nitrogens with zero attached hydrogens (tertiary/aromatic N) is 1. The average Bonchev–Trinajstić information content (AvgIpc) is 2.54. The third kappa shape index (κ3) is 5.21. The van der Waals surface area contributed by atoms with Crippen LogP contribution >= 0.6 is 15.9 Å². The summed E-state index contributed by atoms with van der Waals surface area (Å²) in [4.78, 5) is 11.6. The topological polar surface area (TPSA) is 59.9 Å². The first-order valence-corrected chi connectivity index (χ1v) is 7.31. The Balaban J connectivity index is 1.78. The fourth-order valence-corrected chi connectivity index (χ4v) is 1.98. The molecule has 22 heavy (non-hydrogen) atoms. The Morgan fingerprint density at radius 1 is 1.23 bits per heavy atom. The second kappa shape index (κ2) is 8.19. The molecule has 0 unspecified atom stereocenters. The van der Waals surface area contributed by atoms with Crippen molar-refractivity contribution in [2.45, 2.75) is 0 Å². The van der Waals surface area contributed by atoms with E-state index >= 15 is 0 Å². The van der Waals surface area contributed by atoms with Crippen LogP contribution in [0.1, 0.15) is 5.56 Å². The van der Waals surface area contributed by atoms with Crippen molar-refractivity contribution in [1.29, 1.82) is 0 Å². The monoisotopic (exact) mass is 362 g/mol. The molecule has 0 saturated heterocycles. The summed E-state index contributed by atoms with van der Waals surface area (Å²) in [6, 6.07) is 14.6. The lowest BCUT2D eigenvalue weighted by Crippen LogP contribution is -2.24. The number of ether oxygens (including phenoxy) is 2. The van der Waals surface area contributed by atoms with Crippen LogP contribution in [-0.2, 0) is 4.79 Å². The summed E-state index contributed by atoms with van der Waals surface area (Å²) in [5.41, 5.74) is 3.26. The molecule has 0 heterocycles. The van der Waals surface area contributed by atoms with Crippen molar-refractivity contribution in [1.82, 2.24) is 5.43 Å². The fraction of sp³-hybridized carbons (Fsp3) is 0.125. The summed E-state index contributed by atoms with van der Waals surface area (Å²) >= 11 is 3.33. The molecule has 0 aliphatic heterocycles. The molecule has 2 rings (SSSR count). The number of nitrogens with one attached hydrogen (secondary N) is 1. The minimum absolute atomic E-state index is 0.101. The zero-order valence-corrected chi connectivity index (χ0v) is 13.5.